The normalized spacial score (nSPS) is 14.0. The molecule has 0 unspecified atom stereocenters. The van der Waals surface area contributed by atoms with Crippen molar-refractivity contribution in [3.05, 3.63) is 76.5 Å². The number of ether oxygens (including phenoxy) is 1. The molecule has 0 bridgehead atoms. The predicted molar refractivity (Wildman–Crippen MR) is 115 cm³/mol. The van der Waals surface area contributed by atoms with E-state index in [9.17, 15) is 18.4 Å². The van der Waals surface area contributed by atoms with Crippen LogP contribution in [0.3, 0.4) is 0 Å². The van der Waals surface area contributed by atoms with Crippen LogP contribution in [0.25, 0.3) is 11.1 Å². The molecule has 1 fully saturated rings. The highest BCUT2D eigenvalue weighted by Crippen LogP contribution is 2.30. The number of amides is 2. The van der Waals surface area contributed by atoms with Crippen LogP contribution in [0.4, 0.5) is 8.78 Å². The summed E-state index contributed by atoms with van der Waals surface area (Å²) in [4.78, 5) is 29.9. The van der Waals surface area contributed by atoms with E-state index in [-0.39, 0.29) is 23.1 Å². The largest absolute Gasteiger partial charge is 0.434 e. The molecule has 0 aliphatic carbocycles. The van der Waals surface area contributed by atoms with E-state index in [0.717, 1.165) is 11.1 Å². The van der Waals surface area contributed by atoms with E-state index in [0.29, 0.717) is 31.1 Å². The number of carbonyl (C=O) groups is 2. The number of piperazine rings is 1. The molecular formula is C23H20F2N2O3S. The fourth-order valence-corrected chi connectivity index (χ4v) is 4.47. The molecule has 1 aliphatic heterocycles. The van der Waals surface area contributed by atoms with Crippen molar-refractivity contribution in [2.45, 2.75) is 6.61 Å². The van der Waals surface area contributed by atoms with Crippen molar-refractivity contribution in [3.8, 4) is 16.9 Å². The van der Waals surface area contributed by atoms with Gasteiger partial charge in [-0.3, -0.25) is 9.59 Å². The Morgan fingerprint density at radius 3 is 2.13 bits per heavy atom. The van der Waals surface area contributed by atoms with E-state index >= 15 is 0 Å². The van der Waals surface area contributed by atoms with Crippen LogP contribution in [0, 0.1) is 0 Å². The standard InChI is InChI=1S/C23H20F2N2O3S/c24-23(25)30-19-9-5-4-8-18(19)21(28)26-11-13-27(14-12-26)22(29)20-17(10-15-31-20)16-6-2-1-3-7-16/h1-10,15,23H,11-14H2. The minimum atomic E-state index is -3.01. The molecule has 0 atom stereocenters. The van der Waals surface area contributed by atoms with Crippen LogP contribution in [0.2, 0.25) is 0 Å². The van der Waals surface area contributed by atoms with Crippen LogP contribution < -0.4 is 4.74 Å². The van der Waals surface area contributed by atoms with Crippen molar-refractivity contribution in [1.82, 2.24) is 9.80 Å². The lowest BCUT2D eigenvalue weighted by Crippen LogP contribution is -2.50. The topological polar surface area (TPSA) is 49.9 Å². The Bertz CT molecular complexity index is 1060. The molecule has 1 aromatic heterocycles. The van der Waals surface area contributed by atoms with Crippen molar-refractivity contribution in [3.63, 3.8) is 0 Å². The maximum absolute atomic E-state index is 13.1. The molecular weight excluding hydrogens is 422 g/mol. The number of hydrogen-bond acceptors (Lipinski definition) is 4. The third kappa shape index (κ3) is 4.59. The second-order valence-corrected chi connectivity index (χ2v) is 7.90. The maximum atomic E-state index is 13.1. The summed E-state index contributed by atoms with van der Waals surface area (Å²) in [5.74, 6) is -0.598. The van der Waals surface area contributed by atoms with Crippen molar-refractivity contribution in [2.75, 3.05) is 26.2 Å². The Morgan fingerprint density at radius 2 is 1.45 bits per heavy atom. The second kappa shape index (κ2) is 9.26. The Kier molecular flexibility index (Phi) is 6.27. The number of halogens is 2. The summed E-state index contributed by atoms with van der Waals surface area (Å²) < 4.78 is 29.8. The van der Waals surface area contributed by atoms with Gasteiger partial charge in [0.2, 0.25) is 0 Å². The Hall–Kier alpha value is -3.26. The Balaban J connectivity index is 1.44. The van der Waals surface area contributed by atoms with Gasteiger partial charge in [-0.15, -0.1) is 11.3 Å². The quantitative estimate of drug-likeness (QED) is 0.580. The molecule has 31 heavy (non-hydrogen) atoms. The molecule has 160 valence electrons. The first-order chi connectivity index (χ1) is 15.0. The fourth-order valence-electron chi connectivity index (χ4n) is 3.59. The smallest absolute Gasteiger partial charge is 0.387 e. The van der Waals surface area contributed by atoms with E-state index in [1.165, 1.54) is 29.5 Å². The lowest BCUT2D eigenvalue weighted by Gasteiger charge is -2.35. The van der Waals surface area contributed by atoms with Gasteiger partial charge in [-0.1, -0.05) is 42.5 Å². The third-order valence-electron chi connectivity index (χ3n) is 5.13. The van der Waals surface area contributed by atoms with Gasteiger partial charge in [0.05, 0.1) is 10.4 Å². The van der Waals surface area contributed by atoms with Crippen LogP contribution in [0.5, 0.6) is 5.75 Å². The maximum Gasteiger partial charge on any atom is 0.387 e. The number of rotatable bonds is 5. The van der Waals surface area contributed by atoms with Gasteiger partial charge in [0.25, 0.3) is 11.8 Å². The number of benzene rings is 2. The monoisotopic (exact) mass is 442 g/mol. The molecule has 0 radical (unpaired) electrons. The molecule has 0 saturated carbocycles. The summed E-state index contributed by atoms with van der Waals surface area (Å²) in [5, 5.41) is 1.90. The molecule has 1 saturated heterocycles. The number of hydrogen-bond donors (Lipinski definition) is 0. The van der Waals surface area contributed by atoms with E-state index in [1.807, 2.05) is 41.8 Å². The van der Waals surface area contributed by atoms with Crippen LogP contribution in [-0.4, -0.2) is 54.4 Å². The Labute approximate surface area is 182 Å². The molecule has 1 aliphatic rings. The summed E-state index contributed by atoms with van der Waals surface area (Å²) in [6, 6.07) is 17.6. The molecule has 4 rings (SSSR count). The van der Waals surface area contributed by atoms with E-state index in [4.69, 9.17) is 0 Å². The van der Waals surface area contributed by atoms with Crippen LogP contribution in [0.1, 0.15) is 20.0 Å². The third-order valence-corrected chi connectivity index (χ3v) is 6.03. The van der Waals surface area contributed by atoms with Crippen LogP contribution in [0.15, 0.2) is 66.0 Å². The summed E-state index contributed by atoms with van der Waals surface area (Å²) in [6.07, 6.45) is 0. The molecule has 3 aromatic rings. The summed E-state index contributed by atoms with van der Waals surface area (Å²) in [7, 11) is 0. The van der Waals surface area contributed by atoms with Gasteiger partial charge < -0.3 is 14.5 Å². The molecule has 8 heteroatoms. The Morgan fingerprint density at radius 1 is 0.839 bits per heavy atom. The van der Waals surface area contributed by atoms with Gasteiger partial charge in [-0.2, -0.15) is 8.78 Å². The molecule has 2 amide bonds. The summed E-state index contributed by atoms with van der Waals surface area (Å²) >= 11 is 1.40. The van der Waals surface area contributed by atoms with Gasteiger partial charge in [-0.05, 0) is 29.1 Å². The summed E-state index contributed by atoms with van der Waals surface area (Å²) in [5.41, 5.74) is 1.97. The number of carbonyl (C=O) groups excluding carboxylic acids is 2. The SMILES string of the molecule is O=C(c1ccccc1OC(F)F)N1CCN(C(=O)c2sccc2-c2ccccc2)CC1. The van der Waals surface area contributed by atoms with Crippen molar-refractivity contribution in [2.24, 2.45) is 0 Å². The van der Waals surface area contributed by atoms with Gasteiger partial charge in [0, 0.05) is 31.7 Å². The van der Waals surface area contributed by atoms with E-state index in [2.05, 4.69) is 4.74 Å². The van der Waals surface area contributed by atoms with E-state index < -0.39 is 6.61 Å². The van der Waals surface area contributed by atoms with Crippen molar-refractivity contribution < 1.29 is 23.1 Å². The zero-order chi connectivity index (χ0) is 21.8. The minimum absolute atomic E-state index is 0.0672. The van der Waals surface area contributed by atoms with Crippen molar-refractivity contribution in [1.29, 1.82) is 0 Å². The van der Waals surface area contributed by atoms with E-state index in [1.54, 1.807) is 15.9 Å². The number of thiophene rings is 1. The minimum Gasteiger partial charge on any atom is -0.434 e. The first-order valence-corrected chi connectivity index (χ1v) is 10.7. The zero-order valence-electron chi connectivity index (χ0n) is 16.5. The first-order valence-electron chi connectivity index (χ1n) is 9.80. The van der Waals surface area contributed by atoms with Crippen LogP contribution >= 0.6 is 11.3 Å². The second-order valence-electron chi connectivity index (χ2n) is 6.99. The lowest BCUT2D eigenvalue weighted by molar-refractivity contribution is -0.0503. The average molecular weight is 442 g/mol. The number of alkyl halides is 2. The molecule has 0 spiro atoms. The lowest BCUT2D eigenvalue weighted by atomic mass is 10.1. The summed E-state index contributed by atoms with van der Waals surface area (Å²) in [6.45, 7) is -1.63. The highest BCUT2D eigenvalue weighted by atomic mass is 32.1. The van der Waals surface area contributed by atoms with Gasteiger partial charge in [-0.25, -0.2) is 0 Å². The zero-order valence-corrected chi connectivity index (χ0v) is 17.4. The van der Waals surface area contributed by atoms with Crippen molar-refractivity contribution >= 4 is 23.2 Å². The van der Waals surface area contributed by atoms with Gasteiger partial charge in [0.1, 0.15) is 5.75 Å². The molecule has 0 N–H and O–H groups in total. The predicted octanol–water partition coefficient (Wildman–Crippen LogP) is 4.61. The fraction of sp³-hybridized carbons (Fsp3) is 0.217. The molecule has 2 aromatic carbocycles. The number of nitrogens with zero attached hydrogens (tertiary/aromatic N) is 2. The van der Waals surface area contributed by atoms with Gasteiger partial charge >= 0.3 is 6.61 Å². The average Bonchev–Trinajstić information content (AvgIpc) is 3.29. The number of para-hydroxylation sites is 1. The first kappa shape index (κ1) is 21.0. The highest BCUT2D eigenvalue weighted by molar-refractivity contribution is 7.12. The van der Waals surface area contributed by atoms with Crippen LogP contribution in [-0.2, 0) is 0 Å². The molecule has 5 nitrogen and oxygen atoms in total. The van der Waals surface area contributed by atoms with Gasteiger partial charge in [0.15, 0.2) is 0 Å². The molecule has 2 heterocycles. The highest BCUT2D eigenvalue weighted by Gasteiger charge is 2.28.